The molecule has 0 radical (unpaired) electrons. The van der Waals surface area contributed by atoms with Gasteiger partial charge in [0.1, 0.15) is 0 Å². The van der Waals surface area contributed by atoms with E-state index < -0.39 is 0 Å². The normalized spacial score (nSPS) is 26.3. The van der Waals surface area contributed by atoms with E-state index in [9.17, 15) is 4.79 Å². The second kappa shape index (κ2) is 6.53. The van der Waals surface area contributed by atoms with Crippen molar-refractivity contribution in [1.82, 2.24) is 0 Å². The van der Waals surface area contributed by atoms with E-state index >= 15 is 0 Å². The Kier molecular flexibility index (Phi) is 4.99. The summed E-state index contributed by atoms with van der Waals surface area (Å²) in [4.78, 5) is 11.3. The Morgan fingerprint density at radius 2 is 2.16 bits per heavy atom. The molecule has 4 heteroatoms. The van der Waals surface area contributed by atoms with Crippen molar-refractivity contribution in [3.05, 3.63) is 11.8 Å². The number of rotatable bonds is 6. The van der Waals surface area contributed by atoms with Gasteiger partial charge in [-0.3, -0.25) is 4.79 Å². The summed E-state index contributed by atoms with van der Waals surface area (Å²) in [6, 6.07) is 0. The molecule has 4 nitrogen and oxygen atoms in total. The average Bonchev–Trinajstić information content (AvgIpc) is 2.83. The molecular weight excluding hydrogens is 244 g/mol. The zero-order valence-corrected chi connectivity index (χ0v) is 11.9. The van der Waals surface area contributed by atoms with Crippen molar-refractivity contribution >= 4 is 5.78 Å². The predicted molar refractivity (Wildman–Crippen MR) is 71.6 cm³/mol. The molecule has 0 amide bonds. The first-order chi connectivity index (χ1) is 9.17. The molecule has 1 saturated heterocycles. The molecule has 0 aromatic heterocycles. The average molecular weight is 268 g/mol. The van der Waals surface area contributed by atoms with E-state index in [-0.39, 0.29) is 17.7 Å². The summed E-state index contributed by atoms with van der Waals surface area (Å²) in [7, 11) is 0. The van der Waals surface area contributed by atoms with Gasteiger partial charge < -0.3 is 14.2 Å². The van der Waals surface area contributed by atoms with Crippen LogP contribution in [0.3, 0.4) is 0 Å². The van der Waals surface area contributed by atoms with Crippen LogP contribution in [0.1, 0.15) is 52.4 Å². The summed E-state index contributed by atoms with van der Waals surface area (Å²) in [5, 5.41) is 0. The lowest BCUT2D eigenvalue weighted by Gasteiger charge is -2.25. The molecule has 19 heavy (non-hydrogen) atoms. The lowest BCUT2D eigenvalue weighted by molar-refractivity contribution is -0.172. The van der Waals surface area contributed by atoms with Crippen molar-refractivity contribution in [3.8, 4) is 0 Å². The molecule has 0 aromatic rings. The Balaban J connectivity index is 1.71. The van der Waals surface area contributed by atoms with E-state index in [2.05, 4.69) is 13.8 Å². The minimum absolute atomic E-state index is 0.111. The van der Waals surface area contributed by atoms with Gasteiger partial charge in [0.2, 0.25) is 0 Å². The maximum atomic E-state index is 11.3. The molecule has 1 aliphatic heterocycles. The second-order valence-corrected chi connectivity index (χ2v) is 5.24. The van der Waals surface area contributed by atoms with Crippen LogP contribution in [0.15, 0.2) is 11.8 Å². The van der Waals surface area contributed by atoms with E-state index in [0.717, 1.165) is 37.9 Å². The lowest BCUT2D eigenvalue weighted by atomic mass is 10.1. The summed E-state index contributed by atoms with van der Waals surface area (Å²) in [6.45, 7) is 5.40. The molecule has 0 saturated carbocycles. The van der Waals surface area contributed by atoms with E-state index in [0.29, 0.717) is 19.6 Å². The highest BCUT2D eigenvalue weighted by Gasteiger charge is 2.38. The van der Waals surface area contributed by atoms with Crippen molar-refractivity contribution in [3.63, 3.8) is 0 Å². The maximum absolute atomic E-state index is 11.3. The number of allylic oxidation sites excluding steroid dienone is 2. The number of carbonyl (C=O) groups is 1. The highest BCUT2D eigenvalue weighted by molar-refractivity contribution is 5.90. The van der Waals surface area contributed by atoms with Crippen LogP contribution in [0, 0.1) is 0 Å². The first-order valence-corrected chi connectivity index (χ1v) is 7.35. The first-order valence-electron chi connectivity index (χ1n) is 7.35. The molecule has 108 valence electrons. The molecular formula is C15H24O4. The van der Waals surface area contributed by atoms with Gasteiger partial charge in [0, 0.05) is 25.3 Å². The van der Waals surface area contributed by atoms with E-state index in [1.165, 1.54) is 0 Å². The molecule has 2 aliphatic rings. The Labute approximate surface area is 115 Å². The maximum Gasteiger partial charge on any atom is 0.168 e. The quantitative estimate of drug-likeness (QED) is 0.743. The minimum Gasteiger partial charge on any atom is -0.498 e. The molecule has 2 rings (SSSR count). The number of ketones is 1. The predicted octanol–water partition coefficient (Wildman–Crippen LogP) is 2.96. The summed E-state index contributed by atoms with van der Waals surface area (Å²) < 4.78 is 17.4. The van der Waals surface area contributed by atoms with Crippen molar-refractivity contribution in [2.45, 2.75) is 64.3 Å². The third-order valence-electron chi connectivity index (χ3n) is 3.89. The number of ether oxygens (including phenoxy) is 3. The van der Waals surface area contributed by atoms with Gasteiger partial charge in [0.25, 0.3) is 0 Å². The van der Waals surface area contributed by atoms with Gasteiger partial charge in [-0.2, -0.15) is 0 Å². The van der Waals surface area contributed by atoms with Crippen molar-refractivity contribution in [1.29, 1.82) is 0 Å². The fourth-order valence-electron chi connectivity index (χ4n) is 2.58. The van der Waals surface area contributed by atoms with Crippen LogP contribution in [-0.2, 0) is 19.0 Å². The van der Waals surface area contributed by atoms with Crippen molar-refractivity contribution in [2.75, 3.05) is 13.2 Å². The van der Waals surface area contributed by atoms with E-state index in [1.54, 1.807) is 6.08 Å². The van der Waals surface area contributed by atoms with Crippen molar-refractivity contribution in [2.24, 2.45) is 0 Å². The van der Waals surface area contributed by atoms with Gasteiger partial charge in [0.05, 0.1) is 25.1 Å². The molecule has 0 bridgehead atoms. The third kappa shape index (κ3) is 3.80. The summed E-state index contributed by atoms with van der Waals surface area (Å²) in [5.41, 5.74) is 0. The molecule has 0 spiro atoms. The molecule has 0 aromatic carbocycles. The van der Waals surface area contributed by atoms with Gasteiger partial charge >= 0.3 is 0 Å². The molecule has 0 unspecified atom stereocenters. The molecule has 0 N–H and O–H groups in total. The van der Waals surface area contributed by atoms with E-state index in [1.807, 2.05) is 0 Å². The Morgan fingerprint density at radius 3 is 2.79 bits per heavy atom. The van der Waals surface area contributed by atoms with Gasteiger partial charge in [-0.05, 0) is 19.3 Å². The largest absolute Gasteiger partial charge is 0.498 e. The summed E-state index contributed by atoms with van der Waals surface area (Å²) in [5.74, 6) is 0.621. The van der Waals surface area contributed by atoms with Crippen LogP contribution in [0.2, 0.25) is 0 Å². The van der Waals surface area contributed by atoms with Gasteiger partial charge in [-0.25, -0.2) is 0 Å². The van der Waals surface area contributed by atoms with Gasteiger partial charge in [0.15, 0.2) is 11.6 Å². The first kappa shape index (κ1) is 14.5. The Morgan fingerprint density at radius 1 is 1.37 bits per heavy atom. The summed E-state index contributed by atoms with van der Waals surface area (Å²) >= 11 is 0. The Bertz CT molecular complexity index is 344. The minimum atomic E-state index is -0.384. The highest BCUT2D eigenvalue weighted by atomic mass is 16.7. The topological polar surface area (TPSA) is 44.8 Å². The van der Waals surface area contributed by atoms with Gasteiger partial charge in [-0.1, -0.05) is 13.8 Å². The number of carbonyl (C=O) groups excluding carboxylic acids is 1. The third-order valence-corrected chi connectivity index (χ3v) is 3.89. The molecule has 1 atom stereocenters. The van der Waals surface area contributed by atoms with Crippen molar-refractivity contribution < 1.29 is 19.0 Å². The van der Waals surface area contributed by atoms with Crippen LogP contribution >= 0.6 is 0 Å². The van der Waals surface area contributed by atoms with Crippen LogP contribution in [-0.4, -0.2) is 30.9 Å². The van der Waals surface area contributed by atoms with Crippen LogP contribution in [0.25, 0.3) is 0 Å². The van der Waals surface area contributed by atoms with Crippen LogP contribution in [0.4, 0.5) is 0 Å². The second-order valence-electron chi connectivity index (χ2n) is 5.24. The fourth-order valence-corrected chi connectivity index (χ4v) is 2.58. The zero-order valence-electron chi connectivity index (χ0n) is 11.9. The van der Waals surface area contributed by atoms with Crippen LogP contribution in [0.5, 0.6) is 0 Å². The standard InChI is InChI=1S/C15H24O4/c1-3-15(4-2)18-11-14(19-15)8-9-17-13-7-5-6-12(16)10-13/h10,14H,3-9,11H2,1-2H3/t14-/m0/s1. The monoisotopic (exact) mass is 268 g/mol. The fraction of sp³-hybridized carbons (Fsp3) is 0.800. The smallest absolute Gasteiger partial charge is 0.168 e. The lowest BCUT2D eigenvalue weighted by Crippen LogP contribution is -2.29. The molecule has 1 aliphatic carbocycles. The number of hydrogen-bond acceptors (Lipinski definition) is 4. The molecule has 1 fully saturated rings. The molecule has 1 heterocycles. The van der Waals surface area contributed by atoms with Crippen LogP contribution < -0.4 is 0 Å². The Hall–Kier alpha value is -0.870. The van der Waals surface area contributed by atoms with E-state index in [4.69, 9.17) is 14.2 Å². The number of hydrogen-bond donors (Lipinski definition) is 0. The summed E-state index contributed by atoms with van der Waals surface area (Å²) in [6.07, 6.45) is 6.75. The van der Waals surface area contributed by atoms with Gasteiger partial charge in [-0.15, -0.1) is 0 Å². The highest BCUT2D eigenvalue weighted by Crippen LogP contribution is 2.31. The SMILES string of the molecule is CCC1(CC)OC[C@H](CCOC2=CC(=O)CCC2)O1. The zero-order chi connectivity index (χ0) is 13.7.